The van der Waals surface area contributed by atoms with Crippen molar-refractivity contribution in [2.24, 2.45) is 4.99 Å². The molecule has 4 aromatic rings. The van der Waals surface area contributed by atoms with Gasteiger partial charge >= 0.3 is 5.97 Å². The zero-order chi connectivity index (χ0) is 27.5. The van der Waals surface area contributed by atoms with Gasteiger partial charge in [0, 0.05) is 16.0 Å². The van der Waals surface area contributed by atoms with E-state index in [-0.39, 0.29) is 24.6 Å². The van der Waals surface area contributed by atoms with Crippen molar-refractivity contribution in [3.05, 3.63) is 113 Å². The van der Waals surface area contributed by atoms with Gasteiger partial charge in [0.05, 0.1) is 29.5 Å². The summed E-state index contributed by atoms with van der Waals surface area (Å²) in [5.41, 5.74) is 1.54. The van der Waals surface area contributed by atoms with E-state index in [1.807, 2.05) is 17.5 Å². The predicted molar refractivity (Wildman–Crippen MR) is 148 cm³/mol. The Morgan fingerprint density at radius 3 is 2.69 bits per heavy atom. The molecule has 1 aliphatic heterocycles. The van der Waals surface area contributed by atoms with Crippen LogP contribution in [0.1, 0.15) is 35.9 Å². The molecule has 0 N–H and O–H groups in total. The summed E-state index contributed by atoms with van der Waals surface area (Å²) in [5.74, 6) is -0.0382. The van der Waals surface area contributed by atoms with Gasteiger partial charge in [0.25, 0.3) is 5.56 Å². The molecular weight excluding hydrogens is 539 g/mol. The number of esters is 1. The molecule has 0 fully saturated rings. The molecule has 0 unspecified atom stereocenters. The van der Waals surface area contributed by atoms with Crippen molar-refractivity contribution < 1.29 is 23.4 Å². The average molecular weight is 565 g/mol. The standard InChI is InChI=1S/C29H25FN2O5S2/c1-4-36-28(34)24-17(2)31-29-32(25(24)22-13-8-14-38-22)27(33)23(39-29)15-18-10-7-12-21(35-3)26(18)37-16-19-9-5-6-11-20(19)30/h5-15,25H,4,16H2,1-3H3/b23-15-/t25-/m1/s1. The molecule has 0 saturated heterocycles. The predicted octanol–water partition coefficient (Wildman–Crippen LogP) is 4.59. The molecule has 2 aromatic heterocycles. The first kappa shape index (κ1) is 26.6. The summed E-state index contributed by atoms with van der Waals surface area (Å²) in [4.78, 5) is 32.7. The number of thiophene rings is 1. The van der Waals surface area contributed by atoms with Crippen LogP contribution in [0.3, 0.4) is 0 Å². The summed E-state index contributed by atoms with van der Waals surface area (Å²) >= 11 is 2.67. The largest absolute Gasteiger partial charge is 0.493 e. The molecule has 5 rings (SSSR count). The van der Waals surface area contributed by atoms with E-state index in [2.05, 4.69) is 4.99 Å². The van der Waals surface area contributed by atoms with Crippen molar-refractivity contribution >= 4 is 34.7 Å². The van der Waals surface area contributed by atoms with Crippen molar-refractivity contribution in [3.8, 4) is 11.5 Å². The molecule has 0 saturated carbocycles. The summed E-state index contributed by atoms with van der Waals surface area (Å²) in [5, 5.41) is 1.90. The maximum Gasteiger partial charge on any atom is 0.338 e. The van der Waals surface area contributed by atoms with Gasteiger partial charge in [0.1, 0.15) is 18.5 Å². The molecule has 2 aromatic carbocycles. The Labute approximate surface area is 231 Å². The normalized spacial score (nSPS) is 15.1. The van der Waals surface area contributed by atoms with E-state index in [9.17, 15) is 14.0 Å². The Morgan fingerprint density at radius 1 is 1.15 bits per heavy atom. The van der Waals surface area contributed by atoms with Gasteiger partial charge in [-0.2, -0.15) is 0 Å². The van der Waals surface area contributed by atoms with Crippen LogP contribution < -0.4 is 24.4 Å². The van der Waals surface area contributed by atoms with E-state index >= 15 is 0 Å². The maximum absolute atomic E-state index is 14.2. The molecular formula is C29H25FN2O5S2. The minimum atomic E-state index is -0.649. The first-order valence-electron chi connectivity index (χ1n) is 12.2. The zero-order valence-corrected chi connectivity index (χ0v) is 23.1. The Hall–Kier alpha value is -4.02. The van der Waals surface area contributed by atoms with Gasteiger partial charge in [-0.05, 0) is 43.5 Å². The number of fused-ring (bicyclic) bond motifs is 1. The Balaban J connectivity index is 1.62. The fourth-order valence-corrected chi connectivity index (χ4v) is 6.24. The molecule has 7 nitrogen and oxygen atoms in total. The number of allylic oxidation sites excluding steroid dienone is 1. The number of halogens is 1. The van der Waals surface area contributed by atoms with Gasteiger partial charge in [0.2, 0.25) is 0 Å². The van der Waals surface area contributed by atoms with Gasteiger partial charge in [0.15, 0.2) is 16.3 Å². The Kier molecular flexibility index (Phi) is 7.76. The highest BCUT2D eigenvalue weighted by Gasteiger charge is 2.34. The number of carbonyl (C=O) groups is 1. The maximum atomic E-state index is 14.2. The van der Waals surface area contributed by atoms with Gasteiger partial charge < -0.3 is 14.2 Å². The number of hydrogen-bond acceptors (Lipinski definition) is 8. The van der Waals surface area contributed by atoms with E-state index in [0.29, 0.717) is 43.2 Å². The third kappa shape index (κ3) is 5.17. The highest BCUT2D eigenvalue weighted by atomic mass is 32.1. The van der Waals surface area contributed by atoms with E-state index in [1.54, 1.807) is 60.9 Å². The van der Waals surface area contributed by atoms with E-state index in [4.69, 9.17) is 14.2 Å². The monoisotopic (exact) mass is 564 g/mol. The molecule has 1 atom stereocenters. The summed E-state index contributed by atoms with van der Waals surface area (Å²) in [6, 6.07) is 14.8. The van der Waals surface area contributed by atoms with Gasteiger partial charge in [-0.15, -0.1) is 11.3 Å². The van der Waals surface area contributed by atoms with Crippen molar-refractivity contribution in [2.45, 2.75) is 26.5 Å². The van der Waals surface area contributed by atoms with Crippen molar-refractivity contribution in [3.63, 3.8) is 0 Å². The Bertz CT molecular complexity index is 1740. The quantitative estimate of drug-likeness (QED) is 0.293. The van der Waals surface area contributed by atoms with Crippen LogP contribution in [0.4, 0.5) is 4.39 Å². The lowest BCUT2D eigenvalue weighted by Crippen LogP contribution is -2.39. The van der Waals surface area contributed by atoms with Crippen LogP contribution in [-0.2, 0) is 16.1 Å². The lowest BCUT2D eigenvalue weighted by molar-refractivity contribution is -0.139. The number of ether oxygens (including phenoxy) is 3. The number of aromatic nitrogens is 1. The molecule has 0 radical (unpaired) electrons. The second kappa shape index (κ2) is 11.4. The molecule has 0 aliphatic carbocycles. The highest BCUT2D eigenvalue weighted by Crippen LogP contribution is 2.34. The van der Waals surface area contributed by atoms with Gasteiger partial charge in [-0.3, -0.25) is 9.36 Å². The van der Waals surface area contributed by atoms with Crippen LogP contribution >= 0.6 is 22.7 Å². The minimum absolute atomic E-state index is 0.0182. The van der Waals surface area contributed by atoms with Crippen LogP contribution in [-0.4, -0.2) is 24.3 Å². The highest BCUT2D eigenvalue weighted by molar-refractivity contribution is 7.10. The number of hydrogen-bond donors (Lipinski definition) is 0. The molecule has 200 valence electrons. The van der Waals surface area contributed by atoms with E-state index in [1.165, 1.54) is 35.8 Å². The fraction of sp³-hybridized carbons (Fsp3) is 0.207. The molecule has 0 spiro atoms. The Morgan fingerprint density at radius 2 is 1.97 bits per heavy atom. The molecule has 0 amide bonds. The molecule has 39 heavy (non-hydrogen) atoms. The van der Waals surface area contributed by atoms with E-state index in [0.717, 1.165) is 4.88 Å². The number of methoxy groups -OCH3 is 1. The number of para-hydroxylation sites is 1. The number of thiazole rings is 1. The SMILES string of the molecule is CCOC(=O)C1=C(C)N=c2s/c(=C\c3cccc(OC)c3OCc3ccccc3F)c(=O)n2[C@@H]1c1cccs1. The van der Waals surface area contributed by atoms with Gasteiger partial charge in [-0.1, -0.05) is 47.7 Å². The van der Waals surface area contributed by atoms with Gasteiger partial charge in [-0.25, -0.2) is 14.2 Å². The number of nitrogens with zero attached hydrogens (tertiary/aromatic N) is 2. The summed E-state index contributed by atoms with van der Waals surface area (Å²) in [6.45, 7) is 3.68. The van der Waals surface area contributed by atoms with Crippen molar-refractivity contribution in [1.82, 2.24) is 4.57 Å². The molecule has 3 heterocycles. The first-order chi connectivity index (χ1) is 18.9. The average Bonchev–Trinajstić information content (AvgIpc) is 3.56. The van der Waals surface area contributed by atoms with Crippen molar-refractivity contribution in [1.29, 1.82) is 0 Å². The second-order valence-electron chi connectivity index (χ2n) is 8.58. The van der Waals surface area contributed by atoms with Crippen molar-refractivity contribution in [2.75, 3.05) is 13.7 Å². The van der Waals surface area contributed by atoms with Crippen LogP contribution in [0.25, 0.3) is 6.08 Å². The topological polar surface area (TPSA) is 79.1 Å². The number of carbonyl (C=O) groups excluding carboxylic acids is 1. The summed E-state index contributed by atoms with van der Waals surface area (Å²) in [7, 11) is 1.52. The first-order valence-corrected chi connectivity index (χ1v) is 13.9. The zero-order valence-electron chi connectivity index (χ0n) is 21.5. The molecule has 0 bridgehead atoms. The van der Waals surface area contributed by atoms with E-state index < -0.39 is 12.0 Å². The second-order valence-corrected chi connectivity index (χ2v) is 10.6. The third-order valence-electron chi connectivity index (χ3n) is 6.18. The van der Waals surface area contributed by atoms with Crippen LogP contribution in [0, 0.1) is 5.82 Å². The fourth-order valence-electron chi connectivity index (χ4n) is 4.38. The summed E-state index contributed by atoms with van der Waals surface area (Å²) < 4.78 is 33.0. The van der Waals surface area contributed by atoms with Crippen LogP contribution in [0.2, 0.25) is 0 Å². The third-order valence-corrected chi connectivity index (χ3v) is 8.08. The van der Waals surface area contributed by atoms with Crippen LogP contribution in [0.5, 0.6) is 11.5 Å². The number of benzene rings is 2. The summed E-state index contributed by atoms with van der Waals surface area (Å²) in [6.07, 6.45) is 1.71. The number of rotatable bonds is 8. The lowest BCUT2D eigenvalue weighted by atomic mass is 10.0. The smallest absolute Gasteiger partial charge is 0.338 e. The molecule has 10 heteroatoms. The van der Waals surface area contributed by atoms with Crippen LogP contribution in [0.15, 0.2) is 81.0 Å². The molecule has 1 aliphatic rings. The minimum Gasteiger partial charge on any atom is -0.493 e. The lowest BCUT2D eigenvalue weighted by Gasteiger charge is -2.23.